The smallest absolute Gasteiger partial charge is 0.235 e. The molecule has 0 aromatic rings. The molecule has 5 heteroatoms. The molecule has 104 valence electrons. The Bertz CT molecular complexity index is 305. The second-order valence-corrected chi connectivity index (χ2v) is 7.35. The third-order valence-electron chi connectivity index (χ3n) is 3.42. The van der Waals surface area contributed by atoms with Crippen molar-refractivity contribution in [2.45, 2.75) is 50.1 Å². The van der Waals surface area contributed by atoms with Crippen LogP contribution in [0.25, 0.3) is 0 Å². The SMILES string of the molecule is CC1(C)CN(C(=O)C2CCCCS2)CC(CCl)O1. The van der Waals surface area contributed by atoms with E-state index < -0.39 is 0 Å². The summed E-state index contributed by atoms with van der Waals surface area (Å²) in [6, 6.07) is 0. The average molecular weight is 292 g/mol. The predicted octanol–water partition coefficient (Wildman–Crippen LogP) is 2.52. The molecule has 2 atom stereocenters. The lowest BCUT2D eigenvalue weighted by molar-refractivity contribution is -0.157. The largest absolute Gasteiger partial charge is 0.367 e. The van der Waals surface area contributed by atoms with Gasteiger partial charge in [-0.05, 0) is 32.4 Å². The molecule has 1 amide bonds. The van der Waals surface area contributed by atoms with E-state index in [1.54, 1.807) is 0 Å². The molecular formula is C13H22ClNO2S. The van der Waals surface area contributed by atoms with Crippen molar-refractivity contribution in [1.82, 2.24) is 4.90 Å². The number of morpholine rings is 1. The summed E-state index contributed by atoms with van der Waals surface area (Å²) in [7, 11) is 0. The number of nitrogens with zero attached hydrogens (tertiary/aromatic N) is 1. The van der Waals surface area contributed by atoms with Crippen LogP contribution in [0.15, 0.2) is 0 Å². The number of rotatable bonds is 2. The lowest BCUT2D eigenvalue weighted by atomic mass is 10.0. The van der Waals surface area contributed by atoms with Crippen LogP contribution in [0.3, 0.4) is 0 Å². The fourth-order valence-electron chi connectivity index (χ4n) is 2.68. The Morgan fingerprint density at radius 2 is 2.28 bits per heavy atom. The second-order valence-electron chi connectivity index (χ2n) is 5.73. The van der Waals surface area contributed by atoms with Crippen molar-refractivity contribution in [3.05, 3.63) is 0 Å². The van der Waals surface area contributed by atoms with E-state index in [4.69, 9.17) is 16.3 Å². The van der Waals surface area contributed by atoms with Gasteiger partial charge in [0.15, 0.2) is 0 Å². The van der Waals surface area contributed by atoms with Gasteiger partial charge in [0.25, 0.3) is 0 Å². The van der Waals surface area contributed by atoms with Gasteiger partial charge >= 0.3 is 0 Å². The number of ether oxygens (including phenoxy) is 1. The first-order valence-corrected chi connectivity index (χ1v) is 8.24. The number of thioether (sulfide) groups is 1. The fraction of sp³-hybridized carbons (Fsp3) is 0.923. The lowest BCUT2D eigenvalue weighted by Crippen LogP contribution is -2.56. The van der Waals surface area contributed by atoms with Gasteiger partial charge in [0.1, 0.15) is 0 Å². The Labute approximate surface area is 119 Å². The third-order valence-corrected chi connectivity index (χ3v) is 5.13. The molecule has 2 aliphatic heterocycles. The van der Waals surface area contributed by atoms with Crippen molar-refractivity contribution < 1.29 is 9.53 Å². The molecule has 0 spiro atoms. The summed E-state index contributed by atoms with van der Waals surface area (Å²) in [5.74, 6) is 1.85. The van der Waals surface area contributed by atoms with E-state index in [2.05, 4.69) is 0 Å². The maximum atomic E-state index is 12.5. The Kier molecular flexibility index (Phi) is 4.84. The highest BCUT2D eigenvalue weighted by Crippen LogP contribution is 2.29. The van der Waals surface area contributed by atoms with Gasteiger partial charge in [-0.15, -0.1) is 23.4 Å². The van der Waals surface area contributed by atoms with Crippen LogP contribution in [0.1, 0.15) is 33.1 Å². The van der Waals surface area contributed by atoms with Crippen molar-refractivity contribution in [3.63, 3.8) is 0 Å². The van der Waals surface area contributed by atoms with E-state index in [9.17, 15) is 4.79 Å². The maximum Gasteiger partial charge on any atom is 0.235 e. The van der Waals surface area contributed by atoms with Crippen molar-refractivity contribution in [2.75, 3.05) is 24.7 Å². The predicted molar refractivity (Wildman–Crippen MR) is 76.3 cm³/mol. The van der Waals surface area contributed by atoms with E-state index in [1.165, 1.54) is 12.8 Å². The van der Waals surface area contributed by atoms with Gasteiger partial charge in [-0.25, -0.2) is 0 Å². The summed E-state index contributed by atoms with van der Waals surface area (Å²) in [4.78, 5) is 14.5. The Balaban J connectivity index is 1.99. The van der Waals surface area contributed by atoms with Gasteiger partial charge < -0.3 is 9.64 Å². The van der Waals surface area contributed by atoms with Crippen LogP contribution in [0.2, 0.25) is 0 Å². The highest BCUT2D eigenvalue weighted by Gasteiger charge is 2.37. The van der Waals surface area contributed by atoms with E-state index in [-0.39, 0.29) is 22.9 Å². The van der Waals surface area contributed by atoms with Crippen molar-refractivity contribution in [2.24, 2.45) is 0 Å². The molecule has 3 nitrogen and oxygen atoms in total. The minimum Gasteiger partial charge on any atom is -0.367 e. The zero-order chi connectivity index (χ0) is 13.2. The monoisotopic (exact) mass is 291 g/mol. The summed E-state index contributed by atoms with van der Waals surface area (Å²) in [6.45, 7) is 5.37. The van der Waals surface area contributed by atoms with Crippen LogP contribution in [0.4, 0.5) is 0 Å². The first kappa shape index (κ1) is 14.5. The number of carbonyl (C=O) groups excluding carboxylic acids is 1. The molecule has 0 aromatic carbocycles. The van der Waals surface area contributed by atoms with Crippen LogP contribution in [0.5, 0.6) is 0 Å². The minimum absolute atomic E-state index is 0.0343. The molecule has 2 rings (SSSR count). The van der Waals surface area contributed by atoms with Crippen LogP contribution in [0, 0.1) is 0 Å². The molecule has 0 radical (unpaired) electrons. The van der Waals surface area contributed by atoms with Gasteiger partial charge in [0, 0.05) is 13.1 Å². The second kappa shape index (κ2) is 6.02. The van der Waals surface area contributed by atoms with E-state index in [0.29, 0.717) is 19.0 Å². The maximum absolute atomic E-state index is 12.5. The standard InChI is InChI=1S/C13H22ClNO2S/c1-13(2)9-15(8-10(7-14)17-13)12(16)11-5-3-4-6-18-11/h10-11H,3-9H2,1-2H3. The third kappa shape index (κ3) is 3.55. The zero-order valence-corrected chi connectivity index (χ0v) is 12.7. The highest BCUT2D eigenvalue weighted by molar-refractivity contribution is 8.00. The molecule has 0 saturated carbocycles. The van der Waals surface area contributed by atoms with Gasteiger partial charge in [0.05, 0.1) is 22.8 Å². The summed E-state index contributed by atoms with van der Waals surface area (Å²) in [5, 5.41) is 0.156. The Morgan fingerprint density at radius 1 is 1.50 bits per heavy atom. The topological polar surface area (TPSA) is 29.5 Å². The van der Waals surface area contributed by atoms with Crippen LogP contribution in [-0.4, -0.2) is 52.5 Å². The van der Waals surface area contributed by atoms with E-state index in [1.807, 2.05) is 30.5 Å². The molecule has 2 unspecified atom stereocenters. The van der Waals surface area contributed by atoms with Gasteiger partial charge in [0.2, 0.25) is 5.91 Å². The fourth-order valence-corrected chi connectivity index (χ4v) is 4.12. The quantitative estimate of drug-likeness (QED) is 0.732. The van der Waals surface area contributed by atoms with E-state index in [0.717, 1.165) is 12.2 Å². The number of hydrogen-bond donors (Lipinski definition) is 0. The number of alkyl halides is 1. The average Bonchev–Trinajstić information content (AvgIpc) is 2.37. The highest BCUT2D eigenvalue weighted by atomic mass is 35.5. The van der Waals surface area contributed by atoms with Gasteiger partial charge in [-0.2, -0.15) is 0 Å². The minimum atomic E-state index is -0.285. The molecule has 2 saturated heterocycles. The van der Waals surface area contributed by atoms with Crippen molar-refractivity contribution in [3.8, 4) is 0 Å². The van der Waals surface area contributed by atoms with Gasteiger partial charge in [-0.3, -0.25) is 4.79 Å². The first-order valence-electron chi connectivity index (χ1n) is 6.66. The summed E-state index contributed by atoms with van der Waals surface area (Å²) < 4.78 is 5.86. The molecule has 0 N–H and O–H groups in total. The molecule has 2 fully saturated rings. The van der Waals surface area contributed by atoms with E-state index >= 15 is 0 Å². The lowest BCUT2D eigenvalue weighted by Gasteiger charge is -2.43. The van der Waals surface area contributed by atoms with Crippen LogP contribution in [-0.2, 0) is 9.53 Å². The van der Waals surface area contributed by atoms with Crippen LogP contribution < -0.4 is 0 Å². The molecular weight excluding hydrogens is 270 g/mol. The number of carbonyl (C=O) groups is 1. The van der Waals surface area contributed by atoms with Gasteiger partial charge in [-0.1, -0.05) is 6.42 Å². The van der Waals surface area contributed by atoms with Crippen molar-refractivity contribution in [1.29, 1.82) is 0 Å². The normalized spacial score (nSPS) is 32.3. The molecule has 0 aliphatic carbocycles. The number of halogens is 1. The Morgan fingerprint density at radius 3 is 2.89 bits per heavy atom. The molecule has 2 heterocycles. The zero-order valence-electron chi connectivity index (χ0n) is 11.2. The molecule has 0 aromatic heterocycles. The summed E-state index contributed by atoms with van der Waals surface area (Å²) in [5.41, 5.74) is -0.285. The summed E-state index contributed by atoms with van der Waals surface area (Å²) in [6.07, 6.45) is 3.41. The Hall–Kier alpha value is 0.0700. The first-order chi connectivity index (χ1) is 8.52. The number of hydrogen-bond acceptors (Lipinski definition) is 3. The summed E-state index contributed by atoms with van der Waals surface area (Å²) >= 11 is 7.70. The molecule has 2 aliphatic rings. The van der Waals surface area contributed by atoms with Crippen LogP contribution >= 0.6 is 23.4 Å². The molecule has 18 heavy (non-hydrogen) atoms. The van der Waals surface area contributed by atoms with Crippen molar-refractivity contribution >= 4 is 29.3 Å². The number of amides is 1. The molecule has 0 bridgehead atoms.